The maximum atomic E-state index is 3.60. The van der Waals surface area contributed by atoms with Crippen molar-refractivity contribution in [3.8, 4) is 0 Å². The molecule has 1 saturated heterocycles. The second-order valence-corrected chi connectivity index (χ2v) is 5.78. The van der Waals surface area contributed by atoms with Crippen molar-refractivity contribution in [1.29, 1.82) is 0 Å². The molecule has 0 bridgehead atoms. The number of hydrogen-bond acceptors (Lipinski definition) is 3. The van der Waals surface area contributed by atoms with Crippen LogP contribution in [0.1, 0.15) is 18.2 Å². The molecule has 1 atom stereocenters. The number of halogens is 1. The van der Waals surface area contributed by atoms with E-state index in [1.165, 1.54) is 22.3 Å². The van der Waals surface area contributed by atoms with Crippen LogP contribution in [-0.2, 0) is 6.54 Å². The monoisotopic (exact) mass is 288 g/mol. The van der Waals surface area contributed by atoms with E-state index in [1.807, 2.05) is 11.3 Å². The van der Waals surface area contributed by atoms with Gasteiger partial charge >= 0.3 is 0 Å². The van der Waals surface area contributed by atoms with E-state index >= 15 is 0 Å². The molecule has 2 nitrogen and oxygen atoms in total. The normalized spacial score (nSPS) is 23.2. The van der Waals surface area contributed by atoms with E-state index < -0.39 is 0 Å². The summed E-state index contributed by atoms with van der Waals surface area (Å²) in [6, 6.07) is 2.84. The fourth-order valence-corrected chi connectivity index (χ4v) is 3.54. The smallest absolute Gasteiger partial charge is 0.0343 e. The SMILES string of the molecule is CCC1CNCCN1Cc1sccc1Br. The molecule has 0 radical (unpaired) electrons. The largest absolute Gasteiger partial charge is 0.314 e. The Hall–Kier alpha value is 0.100. The maximum Gasteiger partial charge on any atom is 0.0343 e. The van der Waals surface area contributed by atoms with Crippen LogP contribution in [-0.4, -0.2) is 30.6 Å². The lowest BCUT2D eigenvalue weighted by molar-refractivity contribution is 0.150. The first-order valence-electron chi connectivity index (χ1n) is 5.48. The molecule has 1 aliphatic rings. The lowest BCUT2D eigenvalue weighted by Gasteiger charge is -2.35. The average molecular weight is 289 g/mol. The molecule has 84 valence electrons. The van der Waals surface area contributed by atoms with Gasteiger partial charge in [0.05, 0.1) is 0 Å². The fraction of sp³-hybridized carbons (Fsp3) is 0.636. The third-order valence-electron chi connectivity index (χ3n) is 2.98. The first kappa shape index (κ1) is 11.6. The van der Waals surface area contributed by atoms with E-state index in [0.29, 0.717) is 6.04 Å². The minimum absolute atomic E-state index is 0.702. The summed E-state index contributed by atoms with van der Waals surface area (Å²) in [4.78, 5) is 4.04. The van der Waals surface area contributed by atoms with Crippen molar-refractivity contribution in [2.75, 3.05) is 19.6 Å². The van der Waals surface area contributed by atoms with Gasteiger partial charge in [0.25, 0.3) is 0 Å². The van der Waals surface area contributed by atoms with E-state index in [2.05, 4.69) is 44.5 Å². The molecule has 0 aliphatic carbocycles. The summed E-state index contributed by atoms with van der Waals surface area (Å²) in [5.74, 6) is 0. The van der Waals surface area contributed by atoms with Gasteiger partial charge in [-0.05, 0) is 33.8 Å². The molecule has 1 aromatic rings. The first-order chi connectivity index (χ1) is 7.31. The van der Waals surface area contributed by atoms with Gasteiger partial charge in [0.15, 0.2) is 0 Å². The summed E-state index contributed by atoms with van der Waals surface area (Å²) >= 11 is 5.45. The molecule has 1 unspecified atom stereocenters. The molecule has 0 saturated carbocycles. The number of thiophene rings is 1. The van der Waals surface area contributed by atoms with E-state index in [9.17, 15) is 0 Å². The maximum absolute atomic E-state index is 3.60. The van der Waals surface area contributed by atoms with Crippen LogP contribution in [0.25, 0.3) is 0 Å². The van der Waals surface area contributed by atoms with Gasteiger partial charge in [0.1, 0.15) is 0 Å². The van der Waals surface area contributed by atoms with Crippen molar-refractivity contribution in [2.24, 2.45) is 0 Å². The summed E-state index contributed by atoms with van der Waals surface area (Å²) in [6.07, 6.45) is 1.23. The van der Waals surface area contributed by atoms with Gasteiger partial charge in [-0.25, -0.2) is 0 Å². The van der Waals surface area contributed by atoms with Gasteiger partial charge in [-0.3, -0.25) is 4.90 Å². The van der Waals surface area contributed by atoms with E-state index in [0.717, 1.165) is 19.6 Å². The summed E-state index contributed by atoms with van der Waals surface area (Å²) in [5.41, 5.74) is 0. The Balaban J connectivity index is 2.00. The summed E-state index contributed by atoms with van der Waals surface area (Å²) in [5, 5.41) is 5.62. The lowest BCUT2D eigenvalue weighted by Crippen LogP contribution is -2.50. The Morgan fingerprint density at radius 2 is 2.53 bits per heavy atom. The van der Waals surface area contributed by atoms with Crippen molar-refractivity contribution in [1.82, 2.24) is 10.2 Å². The molecule has 1 fully saturated rings. The molecule has 1 N–H and O–H groups in total. The minimum atomic E-state index is 0.702. The molecule has 0 spiro atoms. The van der Waals surface area contributed by atoms with Crippen LogP contribution in [0.5, 0.6) is 0 Å². The van der Waals surface area contributed by atoms with Crippen LogP contribution in [0.4, 0.5) is 0 Å². The number of piperazine rings is 1. The highest BCUT2D eigenvalue weighted by atomic mass is 79.9. The Kier molecular flexibility index (Phi) is 4.20. The molecular formula is C11H17BrN2S. The van der Waals surface area contributed by atoms with Crippen LogP contribution < -0.4 is 5.32 Å². The molecule has 2 rings (SSSR count). The van der Waals surface area contributed by atoms with Crippen LogP contribution in [0.3, 0.4) is 0 Å². The number of hydrogen-bond donors (Lipinski definition) is 1. The van der Waals surface area contributed by atoms with Crippen LogP contribution in [0, 0.1) is 0 Å². The number of rotatable bonds is 3. The van der Waals surface area contributed by atoms with Gasteiger partial charge in [-0.2, -0.15) is 0 Å². The highest BCUT2D eigenvalue weighted by Crippen LogP contribution is 2.25. The zero-order valence-corrected chi connectivity index (χ0v) is 11.4. The molecule has 4 heteroatoms. The van der Waals surface area contributed by atoms with Crippen molar-refractivity contribution in [3.63, 3.8) is 0 Å². The third-order valence-corrected chi connectivity index (χ3v) is 4.89. The van der Waals surface area contributed by atoms with E-state index in [-0.39, 0.29) is 0 Å². The molecule has 1 aromatic heterocycles. The highest BCUT2D eigenvalue weighted by molar-refractivity contribution is 9.10. The predicted molar refractivity (Wildman–Crippen MR) is 69.4 cm³/mol. The van der Waals surface area contributed by atoms with Crippen molar-refractivity contribution >= 4 is 27.3 Å². The van der Waals surface area contributed by atoms with Crippen molar-refractivity contribution in [2.45, 2.75) is 25.9 Å². The van der Waals surface area contributed by atoms with Crippen LogP contribution >= 0.6 is 27.3 Å². The lowest BCUT2D eigenvalue weighted by atomic mass is 10.1. The van der Waals surface area contributed by atoms with Crippen molar-refractivity contribution < 1.29 is 0 Å². The van der Waals surface area contributed by atoms with Gasteiger partial charge < -0.3 is 5.32 Å². The quantitative estimate of drug-likeness (QED) is 0.920. The molecule has 15 heavy (non-hydrogen) atoms. The van der Waals surface area contributed by atoms with E-state index in [4.69, 9.17) is 0 Å². The van der Waals surface area contributed by atoms with E-state index in [1.54, 1.807) is 0 Å². The predicted octanol–water partition coefficient (Wildman–Crippen LogP) is 2.69. The zero-order valence-electron chi connectivity index (χ0n) is 9.00. The second kappa shape index (κ2) is 5.43. The Morgan fingerprint density at radius 1 is 1.67 bits per heavy atom. The zero-order chi connectivity index (χ0) is 10.7. The third kappa shape index (κ3) is 2.81. The summed E-state index contributed by atoms with van der Waals surface area (Å²) in [7, 11) is 0. The summed E-state index contributed by atoms with van der Waals surface area (Å²) < 4.78 is 1.26. The van der Waals surface area contributed by atoms with Gasteiger partial charge in [-0.15, -0.1) is 11.3 Å². The molecule has 0 amide bonds. The van der Waals surface area contributed by atoms with Gasteiger partial charge in [0, 0.05) is 41.6 Å². The Labute approximate surface area is 104 Å². The molecule has 2 heterocycles. The molecular weight excluding hydrogens is 272 g/mol. The Bertz CT molecular complexity index is 313. The van der Waals surface area contributed by atoms with Crippen LogP contribution in [0.2, 0.25) is 0 Å². The number of nitrogens with one attached hydrogen (secondary N) is 1. The Morgan fingerprint density at radius 3 is 3.20 bits per heavy atom. The van der Waals surface area contributed by atoms with Gasteiger partial charge in [-0.1, -0.05) is 6.92 Å². The minimum Gasteiger partial charge on any atom is -0.314 e. The number of nitrogens with zero attached hydrogens (tertiary/aromatic N) is 1. The topological polar surface area (TPSA) is 15.3 Å². The molecule has 0 aromatic carbocycles. The second-order valence-electron chi connectivity index (χ2n) is 3.93. The van der Waals surface area contributed by atoms with Gasteiger partial charge in [0.2, 0.25) is 0 Å². The average Bonchev–Trinajstić information content (AvgIpc) is 2.65. The van der Waals surface area contributed by atoms with Crippen molar-refractivity contribution in [3.05, 3.63) is 20.8 Å². The standard InChI is InChI=1S/C11H17BrN2S/c1-2-9-7-13-4-5-14(9)8-11-10(12)3-6-15-11/h3,6,9,13H,2,4-5,7-8H2,1H3. The van der Waals surface area contributed by atoms with Crippen LogP contribution in [0.15, 0.2) is 15.9 Å². The summed E-state index contributed by atoms with van der Waals surface area (Å²) in [6.45, 7) is 6.80. The molecule has 1 aliphatic heterocycles. The fourth-order valence-electron chi connectivity index (χ4n) is 2.04. The first-order valence-corrected chi connectivity index (χ1v) is 7.15. The highest BCUT2D eigenvalue weighted by Gasteiger charge is 2.21.